The van der Waals surface area contributed by atoms with Crippen molar-refractivity contribution in [3.8, 4) is 0 Å². The fourth-order valence-electron chi connectivity index (χ4n) is 2.42. The SMILES string of the molecule is CC(C)(C)N1CCc2nc(NC(=O)c3ccc(Cl)s3)sc2C1. The molecule has 2 aromatic rings. The normalized spacial score (nSPS) is 15.6. The number of aromatic nitrogens is 1. The summed E-state index contributed by atoms with van der Waals surface area (Å²) in [4.78, 5) is 21.0. The molecule has 1 amide bonds. The Labute approximate surface area is 143 Å². The van der Waals surface area contributed by atoms with Gasteiger partial charge in [-0.2, -0.15) is 0 Å². The molecule has 0 atom stereocenters. The van der Waals surface area contributed by atoms with Crippen molar-refractivity contribution in [2.45, 2.75) is 39.3 Å². The van der Waals surface area contributed by atoms with Gasteiger partial charge in [0.25, 0.3) is 5.91 Å². The van der Waals surface area contributed by atoms with Crippen LogP contribution in [0.3, 0.4) is 0 Å². The van der Waals surface area contributed by atoms with Gasteiger partial charge in [-0.25, -0.2) is 4.98 Å². The number of thiazole rings is 1. The minimum absolute atomic E-state index is 0.143. The van der Waals surface area contributed by atoms with E-state index in [2.05, 4.69) is 36.0 Å². The first-order valence-electron chi connectivity index (χ1n) is 7.13. The van der Waals surface area contributed by atoms with Crippen LogP contribution in [0.25, 0.3) is 0 Å². The molecule has 0 radical (unpaired) electrons. The molecule has 0 saturated carbocycles. The fourth-order valence-corrected chi connectivity index (χ4v) is 4.37. The largest absolute Gasteiger partial charge is 0.297 e. The summed E-state index contributed by atoms with van der Waals surface area (Å²) in [6.45, 7) is 8.58. The van der Waals surface area contributed by atoms with Crippen LogP contribution in [-0.4, -0.2) is 27.9 Å². The van der Waals surface area contributed by atoms with Crippen molar-refractivity contribution in [2.75, 3.05) is 11.9 Å². The van der Waals surface area contributed by atoms with E-state index >= 15 is 0 Å². The van der Waals surface area contributed by atoms with Gasteiger partial charge in [0.2, 0.25) is 0 Å². The van der Waals surface area contributed by atoms with E-state index < -0.39 is 0 Å². The van der Waals surface area contributed by atoms with Gasteiger partial charge in [-0.05, 0) is 32.9 Å². The molecule has 0 fully saturated rings. The summed E-state index contributed by atoms with van der Waals surface area (Å²) in [6.07, 6.45) is 0.934. The second-order valence-electron chi connectivity index (χ2n) is 6.29. The molecule has 0 spiro atoms. The highest BCUT2D eigenvalue weighted by molar-refractivity contribution is 7.18. The number of rotatable bonds is 2. The third-order valence-corrected chi connectivity index (χ3v) is 5.93. The molecule has 1 aliphatic rings. The van der Waals surface area contributed by atoms with Crippen LogP contribution in [0.2, 0.25) is 4.34 Å². The highest BCUT2D eigenvalue weighted by Crippen LogP contribution is 2.32. The van der Waals surface area contributed by atoms with Crippen molar-refractivity contribution in [2.24, 2.45) is 0 Å². The number of thiophene rings is 1. The fraction of sp³-hybridized carbons (Fsp3) is 0.467. The van der Waals surface area contributed by atoms with Gasteiger partial charge in [0.1, 0.15) is 0 Å². The number of hydrogen-bond acceptors (Lipinski definition) is 5. The molecule has 118 valence electrons. The number of anilines is 1. The first kappa shape index (κ1) is 15.9. The predicted molar refractivity (Wildman–Crippen MR) is 93.3 cm³/mol. The van der Waals surface area contributed by atoms with Crippen molar-refractivity contribution in [3.63, 3.8) is 0 Å². The summed E-state index contributed by atoms with van der Waals surface area (Å²) in [5.41, 5.74) is 1.27. The molecule has 22 heavy (non-hydrogen) atoms. The second kappa shape index (κ2) is 5.92. The third-order valence-electron chi connectivity index (χ3n) is 3.70. The number of carbonyl (C=O) groups is 1. The van der Waals surface area contributed by atoms with E-state index in [1.54, 1.807) is 23.5 Å². The third kappa shape index (κ3) is 3.35. The quantitative estimate of drug-likeness (QED) is 0.875. The van der Waals surface area contributed by atoms with Crippen LogP contribution in [-0.2, 0) is 13.0 Å². The highest BCUT2D eigenvalue weighted by Gasteiger charge is 2.28. The first-order chi connectivity index (χ1) is 10.3. The topological polar surface area (TPSA) is 45.2 Å². The summed E-state index contributed by atoms with van der Waals surface area (Å²) in [6, 6.07) is 3.46. The van der Waals surface area contributed by atoms with Crippen LogP contribution < -0.4 is 5.32 Å². The van der Waals surface area contributed by atoms with Crippen LogP contribution >= 0.6 is 34.3 Å². The Morgan fingerprint density at radius 2 is 2.14 bits per heavy atom. The highest BCUT2D eigenvalue weighted by atomic mass is 35.5. The number of nitrogens with one attached hydrogen (secondary N) is 1. The Morgan fingerprint density at radius 1 is 1.36 bits per heavy atom. The zero-order valence-corrected chi connectivity index (χ0v) is 15.2. The Balaban J connectivity index is 1.73. The van der Waals surface area contributed by atoms with Gasteiger partial charge in [-0.3, -0.25) is 15.0 Å². The number of fused-ring (bicyclic) bond motifs is 1. The number of nitrogens with zero attached hydrogens (tertiary/aromatic N) is 2. The number of halogens is 1. The van der Waals surface area contributed by atoms with E-state index in [0.717, 1.165) is 25.2 Å². The molecule has 2 aromatic heterocycles. The van der Waals surface area contributed by atoms with Crippen molar-refractivity contribution >= 4 is 45.3 Å². The predicted octanol–water partition coefficient (Wildman–Crippen LogP) is 4.27. The molecular formula is C15H18ClN3OS2. The van der Waals surface area contributed by atoms with E-state index in [-0.39, 0.29) is 11.4 Å². The minimum Gasteiger partial charge on any atom is -0.297 e. The number of carbonyl (C=O) groups excluding carboxylic acids is 1. The molecular weight excluding hydrogens is 338 g/mol. The lowest BCUT2D eigenvalue weighted by molar-refractivity contribution is 0.103. The molecule has 4 nitrogen and oxygen atoms in total. The summed E-state index contributed by atoms with van der Waals surface area (Å²) in [5, 5.41) is 3.56. The maximum atomic E-state index is 12.2. The molecule has 0 aromatic carbocycles. The molecule has 1 aliphatic heterocycles. The first-order valence-corrected chi connectivity index (χ1v) is 9.14. The Morgan fingerprint density at radius 3 is 2.77 bits per heavy atom. The van der Waals surface area contributed by atoms with Crippen molar-refractivity contribution in [3.05, 3.63) is 31.9 Å². The molecule has 0 aliphatic carbocycles. The summed E-state index contributed by atoms with van der Waals surface area (Å²) >= 11 is 8.72. The molecule has 0 saturated heterocycles. The molecule has 0 bridgehead atoms. The number of hydrogen-bond donors (Lipinski definition) is 1. The molecule has 1 N–H and O–H groups in total. The van der Waals surface area contributed by atoms with Gasteiger partial charge in [-0.15, -0.1) is 22.7 Å². The lowest BCUT2D eigenvalue weighted by Gasteiger charge is -2.37. The van der Waals surface area contributed by atoms with Crippen LogP contribution in [0.4, 0.5) is 5.13 Å². The average Bonchev–Trinajstić information content (AvgIpc) is 3.02. The summed E-state index contributed by atoms with van der Waals surface area (Å²) in [5.74, 6) is -0.143. The van der Waals surface area contributed by atoms with Crippen molar-refractivity contribution in [1.29, 1.82) is 0 Å². The van der Waals surface area contributed by atoms with Gasteiger partial charge < -0.3 is 0 Å². The van der Waals surface area contributed by atoms with Gasteiger partial charge in [0.05, 0.1) is 14.9 Å². The Hall–Kier alpha value is -0.950. The monoisotopic (exact) mass is 355 g/mol. The van der Waals surface area contributed by atoms with Crippen LogP contribution in [0.5, 0.6) is 0 Å². The second-order valence-corrected chi connectivity index (χ2v) is 9.09. The molecule has 3 rings (SSSR count). The van der Waals surface area contributed by atoms with Crippen molar-refractivity contribution < 1.29 is 4.79 Å². The minimum atomic E-state index is -0.143. The van der Waals surface area contributed by atoms with Gasteiger partial charge in [-0.1, -0.05) is 11.6 Å². The lowest BCUT2D eigenvalue weighted by atomic mass is 10.0. The Kier molecular flexibility index (Phi) is 4.29. The molecule has 3 heterocycles. The zero-order valence-electron chi connectivity index (χ0n) is 12.8. The number of amides is 1. The maximum absolute atomic E-state index is 12.2. The van der Waals surface area contributed by atoms with Gasteiger partial charge >= 0.3 is 0 Å². The van der Waals surface area contributed by atoms with Gasteiger partial charge in [0, 0.05) is 29.9 Å². The van der Waals surface area contributed by atoms with Crippen LogP contribution in [0.1, 0.15) is 41.0 Å². The van der Waals surface area contributed by atoms with E-state index in [1.165, 1.54) is 16.2 Å². The lowest BCUT2D eigenvalue weighted by Crippen LogP contribution is -2.43. The smallest absolute Gasteiger partial charge is 0.267 e. The summed E-state index contributed by atoms with van der Waals surface area (Å²) in [7, 11) is 0. The van der Waals surface area contributed by atoms with E-state index in [9.17, 15) is 4.79 Å². The van der Waals surface area contributed by atoms with Crippen molar-refractivity contribution in [1.82, 2.24) is 9.88 Å². The molecule has 0 unspecified atom stereocenters. The summed E-state index contributed by atoms with van der Waals surface area (Å²) < 4.78 is 0.615. The standard InChI is InChI=1S/C15H18ClN3OS2/c1-15(2,3)19-7-6-9-11(8-19)22-14(17-9)18-13(20)10-4-5-12(16)21-10/h4-5H,6-8H2,1-3H3,(H,17,18,20). The maximum Gasteiger partial charge on any atom is 0.267 e. The zero-order chi connectivity index (χ0) is 15.9. The van der Waals surface area contributed by atoms with E-state index in [4.69, 9.17) is 11.6 Å². The van der Waals surface area contributed by atoms with Crippen LogP contribution in [0, 0.1) is 0 Å². The van der Waals surface area contributed by atoms with Crippen LogP contribution in [0.15, 0.2) is 12.1 Å². The van der Waals surface area contributed by atoms with E-state index in [0.29, 0.717) is 14.3 Å². The average molecular weight is 356 g/mol. The van der Waals surface area contributed by atoms with Gasteiger partial charge in [0.15, 0.2) is 5.13 Å². The Bertz CT molecular complexity index is 702. The molecule has 7 heteroatoms. The van der Waals surface area contributed by atoms with E-state index in [1.807, 2.05) is 0 Å².